The number of sulfonamides is 1. The number of halogens is 3. The molecule has 0 amide bonds. The lowest BCUT2D eigenvalue weighted by Crippen LogP contribution is -2.13. The highest BCUT2D eigenvalue weighted by Gasteiger charge is 2.16. The molecule has 0 fully saturated rings. The molecule has 1 N–H and O–H groups in total. The summed E-state index contributed by atoms with van der Waals surface area (Å²) in [6, 6.07) is 9.36. The molecule has 0 atom stereocenters. The molecule has 0 aliphatic rings. The lowest BCUT2D eigenvalue weighted by atomic mass is 10.3. The highest BCUT2D eigenvalue weighted by molar-refractivity contribution is 9.10. The van der Waals surface area contributed by atoms with Crippen LogP contribution in [0.1, 0.15) is 0 Å². The molecule has 0 saturated carbocycles. The van der Waals surface area contributed by atoms with E-state index < -0.39 is 15.8 Å². The minimum atomic E-state index is -3.77. The largest absolute Gasteiger partial charge is 0.278 e. The molecule has 0 saturated heterocycles. The summed E-state index contributed by atoms with van der Waals surface area (Å²) < 4.78 is 39.8. The number of anilines is 1. The Morgan fingerprint density at radius 2 is 1.74 bits per heavy atom. The van der Waals surface area contributed by atoms with E-state index in [-0.39, 0.29) is 4.90 Å². The third-order valence-electron chi connectivity index (χ3n) is 2.32. The Labute approximate surface area is 123 Å². The van der Waals surface area contributed by atoms with E-state index in [1.807, 2.05) is 0 Å². The molecule has 0 aromatic heterocycles. The lowest BCUT2D eigenvalue weighted by molar-refractivity contribution is 0.599. The van der Waals surface area contributed by atoms with Gasteiger partial charge in [-0.3, -0.25) is 4.72 Å². The Balaban J connectivity index is 2.36. The standard InChI is InChI=1S/C12H8BrClFNO2S/c13-12-10(14)2-1-3-11(12)16-19(17,18)9-6-4-8(15)5-7-9/h1-7,16H. The van der Waals surface area contributed by atoms with Gasteiger partial charge in [0.05, 0.1) is 20.1 Å². The van der Waals surface area contributed by atoms with Crippen LogP contribution in [0, 0.1) is 5.82 Å². The minimum Gasteiger partial charge on any atom is -0.278 e. The summed E-state index contributed by atoms with van der Waals surface area (Å²) in [6.07, 6.45) is 0. The summed E-state index contributed by atoms with van der Waals surface area (Å²) in [5.74, 6) is -0.497. The van der Waals surface area contributed by atoms with E-state index in [9.17, 15) is 12.8 Å². The van der Waals surface area contributed by atoms with Crippen molar-refractivity contribution < 1.29 is 12.8 Å². The van der Waals surface area contributed by atoms with E-state index in [1.54, 1.807) is 18.2 Å². The zero-order valence-electron chi connectivity index (χ0n) is 9.40. The van der Waals surface area contributed by atoms with Gasteiger partial charge in [0, 0.05) is 0 Å². The highest BCUT2D eigenvalue weighted by Crippen LogP contribution is 2.31. The lowest BCUT2D eigenvalue weighted by Gasteiger charge is -2.10. The van der Waals surface area contributed by atoms with Crippen LogP contribution in [-0.2, 0) is 10.0 Å². The van der Waals surface area contributed by atoms with Crippen LogP contribution in [0.15, 0.2) is 51.8 Å². The monoisotopic (exact) mass is 363 g/mol. The fourth-order valence-corrected chi connectivity index (χ4v) is 3.14. The highest BCUT2D eigenvalue weighted by atomic mass is 79.9. The van der Waals surface area contributed by atoms with Crippen molar-refractivity contribution >= 4 is 43.2 Å². The van der Waals surface area contributed by atoms with Gasteiger partial charge in [0.1, 0.15) is 5.82 Å². The van der Waals surface area contributed by atoms with Crippen molar-refractivity contribution in [3.8, 4) is 0 Å². The summed E-state index contributed by atoms with van der Waals surface area (Å²) in [4.78, 5) is -0.0271. The van der Waals surface area contributed by atoms with Crippen LogP contribution in [0.2, 0.25) is 5.02 Å². The average Bonchev–Trinajstić information content (AvgIpc) is 2.35. The van der Waals surface area contributed by atoms with Crippen molar-refractivity contribution in [3.63, 3.8) is 0 Å². The molecule has 0 radical (unpaired) electrons. The first-order valence-electron chi connectivity index (χ1n) is 5.12. The fraction of sp³-hybridized carbons (Fsp3) is 0. The van der Waals surface area contributed by atoms with Gasteiger partial charge >= 0.3 is 0 Å². The summed E-state index contributed by atoms with van der Waals surface area (Å²) in [5.41, 5.74) is 0.317. The molecule has 7 heteroatoms. The molecular formula is C12H8BrClFNO2S. The predicted octanol–water partition coefficient (Wildman–Crippen LogP) is 4.04. The number of rotatable bonds is 3. The Morgan fingerprint density at radius 3 is 2.37 bits per heavy atom. The molecule has 0 spiro atoms. The molecule has 0 bridgehead atoms. The van der Waals surface area contributed by atoms with E-state index >= 15 is 0 Å². The topological polar surface area (TPSA) is 46.2 Å². The Kier molecular flexibility index (Phi) is 4.13. The van der Waals surface area contributed by atoms with Crippen LogP contribution in [0.4, 0.5) is 10.1 Å². The van der Waals surface area contributed by atoms with Gasteiger partial charge in [0.2, 0.25) is 0 Å². The molecule has 100 valence electrons. The summed E-state index contributed by atoms with van der Waals surface area (Å²) >= 11 is 9.08. The quantitative estimate of drug-likeness (QED) is 0.893. The van der Waals surface area contributed by atoms with E-state index in [1.165, 1.54) is 12.1 Å². The second kappa shape index (κ2) is 5.48. The second-order valence-electron chi connectivity index (χ2n) is 3.66. The van der Waals surface area contributed by atoms with Crippen LogP contribution in [0.5, 0.6) is 0 Å². The van der Waals surface area contributed by atoms with Gasteiger partial charge in [-0.2, -0.15) is 0 Å². The average molecular weight is 365 g/mol. The molecule has 0 heterocycles. The van der Waals surface area contributed by atoms with Crippen LogP contribution in [0.25, 0.3) is 0 Å². The van der Waals surface area contributed by atoms with Crippen molar-refractivity contribution in [1.29, 1.82) is 0 Å². The van der Waals surface area contributed by atoms with E-state index in [2.05, 4.69) is 20.7 Å². The van der Waals surface area contributed by atoms with E-state index in [0.717, 1.165) is 12.1 Å². The zero-order chi connectivity index (χ0) is 14.0. The van der Waals surface area contributed by atoms with Crippen LogP contribution >= 0.6 is 27.5 Å². The first-order valence-corrected chi connectivity index (χ1v) is 7.78. The summed E-state index contributed by atoms with van der Waals surface area (Å²) in [5, 5.41) is 0.388. The molecule has 0 aliphatic carbocycles. The molecule has 2 aromatic rings. The predicted molar refractivity (Wildman–Crippen MR) is 76.4 cm³/mol. The first kappa shape index (κ1) is 14.3. The summed E-state index contributed by atoms with van der Waals surface area (Å²) in [6.45, 7) is 0. The maximum Gasteiger partial charge on any atom is 0.261 e. The van der Waals surface area contributed by atoms with E-state index in [0.29, 0.717) is 15.2 Å². The minimum absolute atomic E-state index is 0.0271. The third kappa shape index (κ3) is 3.26. The molecule has 0 unspecified atom stereocenters. The molecular weight excluding hydrogens is 357 g/mol. The molecule has 2 aromatic carbocycles. The van der Waals surface area contributed by atoms with Crippen molar-refractivity contribution in [1.82, 2.24) is 0 Å². The third-order valence-corrected chi connectivity index (χ3v) is 5.10. The van der Waals surface area contributed by atoms with Gasteiger partial charge in [-0.1, -0.05) is 17.7 Å². The maximum absolute atomic E-state index is 12.8. The molecule has 0 aliphatic heterocycles. The van der Waals surface area contributed by atoms with Crippen molar-refractivity contribution in [2.24, 2.45) is 0 Å². The van der Waals surface area contributed by atoms with Crippen LogP contribution in [-0.4, -0.2) is 8.42 Å². The normalized spacial score (nSPS) is 11.3. The number of hydrogen-bond donors (Lipinski definition) is 1. The number of nitrogens with one attached hydrogen (secondary N) is 1. The van der Waals surface area contributed by atoms with Gasteiger partial charge in [-0.05, 0) is 52.3 Å². The smallest absolute Gasteiger partial charge is 0.261 e. The SMILES string of the molecule is O=S(=O)(Nc1cccc(Cl)c1Br)c1ccc(F)cc1. The van der Waals surface area contributed by atoms with Gasteiger partial charge < -0.3 is 0 Å². The fourth-order valence-electron chi connectivity index (χ4n) is 1.40. The Bertz CT molecular complexity index is 704. The molecule has 2 rings (SSSR count). The van der Waals surface area contributed by atoms with Gasteiger partial charge in [-0.25, -0.2) is 12.8 Å². The first-order chi connectivity index (χ1) is 8.90. The van der Waals surface area contributed by atoms with Crippen molar-refractivity contribution in [3.05, 3.63) is 57.8 Å². The van der Waals surface area contributed by atoms with Crippen LogP contribution in [0.3, 0.4) is 0 Å². The van der Waals surface area contributed by atoms with E-state index in [4.69, 9.17) is 11.6 Å². The van der Waals surface area contributed by atoms with Crippen molar-refractivity contribution in [2.75, 3.05) is 4.72 Å². The number of hydrogen-bond acceptors (Lipinski definition) is 2. The zero-order valence-corrected chi connectivity index (χ0v) is 12.6. The van der Waals surface area contributed by atoms with Gasteiger partial charge in [0.25, 0.3) is 10.0 Å². The van der Waals surface area contributed by atoms with Gasteiger partial charge in [-0.15, -0.1) is 0 Å². The summed E-state index contributed by atoms with van der Waals surface area (Å²) in [7, 11) is -3.77. The Hall–Kier alpha value is -1.11. The van der Waals surface area contributed by atoms with Crippen LogP contribution < -0.4 is 4.72 Å². The number of benzene rings is 2. The van der Waals surface area contributed by atoms with Gasteiger partial charge in [0.15, 0.2) is 0 Å². The molecule has 19 heavy (non-hydrogen) atoms. The van der Waals surface area contributed by atoms with Crippen molar-refractivity contribution in [2.45, 2.75) is 4.90 Å². The Morgan fingerprint density at radius 1 is 1.11 bits per heavy atom. The maximum atomic E-state index is 12.8. The molecule has 3 nitrogen and oxygen atoms in total. The second-order valence-corrected chi connectivity index (χ2v) is 6.54.